The second-order valence-corrected chi connectivity index (χ2v) is 7.14. The van der Waals surface area contributed by atoms with E-state index in [9.17, 15) is 5.26 Å². The molecule has 0 aromatic carbocycles. The van der Waals surface area contributed by atoms with Crippen LogP contribution in [0.4, 0.5) is 0 Å². The number of nitrogens with one attached hydrogen (secondary N) is 1. The molecule has 1 heterocycles. The molecule has 1 aliphatic carbocycles. The number of hydrogen-bond donors (Lipinski definition) is 1. The number of thiophene rings is 1. The first kappa shape index (κ1) is 14.6. The van der Waals surface area contributed by atoms with E-state index in [0.29, 0.717) is 12.1 Å². The highest BCUT2D eigenvalue weighted by Gasteiger charge is 2.24. The minimum absolute atomic E-state index is 0.204. The molecular formula is C16H24N2S. The maximum Gasteiger partial charge on any atom is 0.0672 e. The highest BCUT2D eigenvalue weighted by molar-refractivity contribution is 7.11. The van der Waals surface area contributed by atoms with Crippen molar-refractivity contribution in [3.05, 3.63) is 21.9 Å². The molecule has 0 amide bonds. The molecule has 1 aromatic rings. The van der Waals surface area contributed by atoms with Crippen LogP contribution in [-0.2, 0) is 6.42 Å². The molecule has 19 heavy (non-hydrogen) atoms. The van der Waals surface area contributed by atoms with Crippen LogP contribution >= 0.6 is 11.3 Å². The molecule has 1 N–H and O–H groups in total. The van der Waals surface area contributed by atoms with Crippen LogP contribution in [0.25, 0.3) is 0 Å². The molecular weight excluding hydrogens is 252 g/mol. The minimum atomic E-state index is 0.204. The Bertz CT molecular complexity index is 432. The zero-order valence-corrected chi connectivity index (χ0v) is 12.8. The lowest BCUT2D eigenvalue weighted by molar-refractivity contribution is 0.357. The Morgan fingerprint density at radius 3 is 2.84 bits per heavy atom. The Morgan fingerprint density at radius 1 is 1.37 bits per heavy atom. The van der Waals surface area contributed by atoms with Gasteiger partial charge in [-0.2, -0.15) is 5.26 Å². The predicted octanol–water partition coefficient (Wildman–Crippen LogP) is 4.05. The fourth-order valence-corrected chi connectivity index (χ4v) is 4.00. The lowest BCUT2D eigenvalue weighted by atomic mass is 9.95. The fourth-order valence-electron chi connectivity index (χ4n) is 2.98. The number of nitrogens with zero attached hydrogens (tertiary/aromatic N) is 1. The molecule has 3 unspecified atom stereocenters. The molecule has 0 saturated heterocycles. The van der Waals surface area contributed by atoms with Gasteiger partial charge in [0.1, 0.15) is 0 Å². The summed E-state index contributed by atoms with van der Waals surface area (Å²) < 4.78 is 0. The van der Waals surface area contributed by atoms with Crippen LogP contribution in [0.5, 0.6) is 0 Å². The first-order valence-electron chi connectivity index (χ1n) is 7.40. The second kappa shape index (κ2) is 7.07. The van der Waals surface area contributed by atoms with Crippen molar-refractivity contribution in [2.45, 2.75) is 64.5 Å². The van der Waals surface area contributed by atoms with Gasteiger partial charge in [0.25, 0.3) is 0 Å². The number of nitriles is 1. The predicted molar refractivity (Wildman–Crippen MR) is 81.3 cm³/mol. The van der Waals surface area contributed by atoms with E-state index >= 15 is 0 Å². The average Bonchev–Trinajstić information content (AvgIpc) is 2.65. The number of aryl methyl sites for hydroxylation is 1. The summed E-state index contributed by atoms with van der Waals surface area (Å²) in [4.78, 5) is 2.83. The topological polar surface area (TPSA) is 35.8 Å². The molecule has 1 saturated carbocycles. The van der Waals surface area contributed by atoms with Gasteiger partial charge in [0.05, 0.1) is 12.0 Å². The van der Waals surface area contributed by atoms with Crippen molar-refractivity contribution >= 4 is 11.3 Å². The molecule has 3 heteroatoms. The van der Waals surface area contributed by atoms with Crippen LogP contribution in [0.1, 0.15) is 48.8 Å². The number of rotatable bonds is 4. The van der Waals surface area contributed by atoms with Gasteiger partial charge in [-0.3, -0.25) is 0 Å². The highest BCUT2D eigenvalue weighted by Crippen LogP contribution is 2.24. The van der Waals surface area contributed by atoms with Crippen LogP contribution in [0.15, 0.2) is 12.1 Å². The molecule has 0 aliphatic heterocycles. The lowest BCUT2D eigenvalue weighted by Crippen LogP contribution is -2.41. The van der Waals surface area contributed by atoms with Crippen LogP contribution in [0.3, 0.4) is 0 Å². The Morgan fingerprint density at radius 2 is 2.16 bits per heavy atom. The van der Waals surface area contributed by atoms with E-state index in [2.05, 4.69) is 37.4 Å². The van der Waals surface area contributed by atoms with E-state index < -0.39 is 0 Å². The van der Waals surface area contributed by atoms with Gasteiger partial charge in [-0.25, -0.2) is 0 Å². The van der Waals surface area contributed by atoms with Gasteiger partial charge in [-0.05, 0) is 45.2 Å². The van der Waals surface area contributed by atoms with Crippen LogP contribution in [-0.4, -0.2) is 12.1 Å². The molecule has 0 bridgehead atoms. The quantitative estimate of drug-likeness (QED) is 0.842. The number of hydrogen-bond acceptors (Lipinski definition) is 3. The Labute approximate surface area is 120 Å². The van der Waals surface area contributed by atoms with Gasteiger partial charge < -0.3 is 5.32 Å². The summed E-state index contributed by atoms with van der Waals surface area (Å²) in [5.74, 6) is 0.204. The van der Waals surface area contributed by atoms with Gasteiger partial charge in [-0.15, -0.1) is 11.3 Å². The van der Waals surface area contributed by atoms with Gasteiger partial charge in [0.15, 0.2) is 0 Å². The Balaban J connectivity index is 1.89. The minimum Gasteiger partial charge on any atom is -0.310 e. The SMILES string of the molecule is Cc1ccc(CC(C)NC2CCCCCC2C#N)s1. The molecule has 2 nitrogen and oxygen atoms in total. The normalized spacial score (nSPS) is 25.5. The van der Waals surface area contributed by atoms with Crippen LogP contribution in [0, 0.1) is 24.2 Å². The third kappa shape index (κ3) is 4.33. The van der Waals surface area contributed by atoms with Gasteiger partial charge in [0, 0.05) is 21.8 Å². The van der Waals surface area contributed by atoms with E-state index in [-0.39, 0.29) is 5.92 Å². The van der Waals surface area contributed by atoms with E-state index in [4.69, 9.17) is 0 Å². The zero-order valence-electron chi connectivity index (χ0n) is 12.0. The summed E-state index contributed by atoms with van der Waals surface area (Å²) in [6.45, 7) is 4.40. The molecule has 104 valence electrons. The van der Waals surface area contributed by atoms with E-state index in [0.717, 1.165) is 19.3 Å². The third-order valence-corrected chi connectivity index (χ3v) is 5.01. The summed E-state index contributed by atoms with van der Waals surface area (Å²) >= 11 is 1.88. The molecule has 0 spiro atoms. The van der Waals surface area contributed by atoms with Crippen molar-refractivity contribution in [3.8, 4) is 6.07 Å². The van der Waals surface area contributed by atoms with Crippen molar-refractivity contribution in [2.75, 3.05) is 0 Å². The molecule has 3 atom stereocenters. The van der Waals surface area contributed by atoms with Crippen molar-refractivity contribution in [3.63, 3.8) is 0 Å². The third-order valence-electron chi connectivity index (χ3n) is 3.98. The molecule has 0 radical (unpaired) electrons. The summed E-state index contributed by atoms with van der Waals surface area (Å²) in [5, 5.41) is 13.0. The molecule has 1 fully saturated rings. The van der Waals surface area contributed by atoms with Crippen molar-refractivity contribution < 1.29 is 0 Å². The largest absolute Gasteiger partial charge is 0.310 e. The fraction of sp³-hybridized carbons (Fsp3) is 0.688. The Hall–Kier alpha value is -0.850. The monoisotopic (exact) mass is 276 g/mol. The Kier molecular flexibility index (Phi) is 5.42. The summed E-state index contributed by atoms with van der Waals surface area (Å²) in [6, 6.07) is 7.78. The van der Waals surface area contributed by atoms with Crippen LogP contribution in [0.2, 0.25) is 0 Å². The smallest absolute Gasteiger partial charge is 0.0672 e. The van der Waals surface area contributed by atoms with Crippen LogP contribution < -0.4 is 5.32 Å². The first-order valence-corrected chi connectivity index (χ1v) is 8.21. The molecule has 1 aromatic heterocycles. The maximum absolute atomic E-state index is 9.30. The van der Waals surface area contributed by atoms with Gasteiger partial charge in [-0.1, -0.05) is 19.3 Å². The zero-order chi connectivity index (χ0) is 13.7. The van der Waals surface area contributed by atoms with E-state index in [1.165, 1.54) is 29.0 Å². The molecule has 2 rings (SSSR count). The summed E-state index contributed by atoms with van der Waals surface area (Å²) in [7, 11) is 0. The van der Waals surface area contributed by atoms with Crippen molar-refractivity contribution in [2.24, 2.45) is 5.92 Å². The molecule has 1 aliphatic rings. The van der Waals surface area contributed by atoms with Gasteiger partial charge in [0.2, 0.25) is 0 Å². The van der Waals surface area contributed by atoms with Crippen molar-refractivity contribution in [1.82, 2.24) is 5.32 Å². The van der Waals surface area contributed by atoms with Gasteiger partial charge >= 0.3 is 0 Å². The highest BCUT2D eigenvalue weighted by atomic mass is 32.1. The second-order valence-electron chi connectivity index (χ2n) is 5.76. The summed E-state index contributed by atoms with van der Waals surface area (Å²) in [5.41, 5.74) is 0. The van der Waals surface area contributed by atoms with E-state index in [1.807, 2.05) is 11.3 Å². The maximum atomic E-state index is 9.30. The van der Waals surface area contributed by atoms with E-state index in [1.54, 1.807) is 0 Å². The summed E-state index contributed by atoms with van der Waals surface area (Å²) in [6.07, 6.45) is 7.07. The average molecular weight is 276 g/mol. The lowest BCUT2D eigenvalue weighted by Gasteiger charge is -2.25. The van der Waals surface area contributed by atoms with Crippen molar-refractivity contribution in [1.29, 1.82) is 5.26 Å². The standard InChI is InChI=1S/C16H24N2S/c1-12(10-15-9-8-13(2)19-15)18-16-7-5-3-4-6-14(16)11-17/h8-9,12,14,16,18H,3-7,10H2,1-2H3. The first-order chi connectivity index (χ1) is 9.19.